The molecule has 1 aliphatic heterocycles. The summed E-state index contributed by atoms with van der Waals surface area (Å²) in [5.74, 6) is 0.865. The van der Waals surface area contributed by atoms with Crippen LogP contribution in [0.1, 0.15) is 5.56 Å². The molecule has 3 aromatic carbocycles. The SMILES string of the molecule is Cc1ccc(-c2nnc(N3CCOCC3)c3ccccc23)cc1S(=O)(=O)Nc1ccc(O)cc1. The molecule has 34 heavy (non-hydrogen) atoms. The Hall–Kier alpha value is -3.69. The second-order valence-corrected chi connectivity index (χ2v) is 9.80. The molecule has 0 aliphatic carbocycles. The summed E-state index contributed by atoms with van der Waals surface area (Å²) in [6, 6.07) is 19.0. The molecule has 9 heteroatoms. The monoisotopic (exact) mass is 476 g/mol. The maximum atomic E-state index is 13.2. The number of nitrogens with zero attached hydrogens (tertiary/aromatic N) is 3. The molecule has 1 fully saturated rings. The molecule has 0 unspecified atom stereocenters. The number of hydrogen-bond acceptors (Lipinski definition) is 7. The Morgan fingerprint density at radius 1 is 0.941 bits per heavy atom. The number of morpholine rings is 1. The number of anilines is 2. The second-order valence-electron chi connectivity index (χ2n) is 8.15. The number of nitrogens with one attached hydrogen (secondary N) is 1. The van der Waals surface area contributed by atoms with Crippen molar-refractivity contribution in [3.63, 3.8) is 0 Å². The summed E-state index contributed by atoms with van der Waals surface area (Å²) in [4.78, 5) is 2.32. The number of benzene rings is 3. The van der Waals surface area contributed by atoms with E-state index in [4.69, 9.17) is 4.74 Å². The van der Waals surface area contributed by atoms with Crippen molar-refractivity contribution in [2.75, 3.05) is 35.9 Å². The zero-order valence-electron chi connectivity index (χ0n) is 18.6. The van der Waals surface area contributed by atoms with Crippen molar-refractivity contribution in [3.8, 4) is 17.0 Å². The topological polar surface area (TPSA) is 105 Å². The standard InChI is InChI=1S/C25H24N4O4S/c1-17-6-7-18(16-23(17)34(31,32)28-19-8-10-20(30)11-9-19)24-21-4-2-3-5-22(21)25(27-26-24)29-12-14-33-15-13-29/h2-11,16,28,30H,12-15H2,1H3. The molecule has 1 aliphatic rings. The summed E-state index contributed by atoms with van der Waals surface area (Å²) in [5.41, 5.74) is 2.25. The zero-order valence-corrected chi connectivity index (χ0v) is 19.4. The highest BCUT2D eigenvalue weighted by molar-refractivity contribution is 7.92. The van der Waals surface area contributed by atoms with E-state index >= 15 is 0 Å². The molecule has 5 rings (SSSR count). The number of sulfonamides is 1. The molecule has 174 valence electrons. The minimum Gasteiger partial charge on any atom is -0.508 e. The van der Waals surface area contributed by atoms with Crippen LogP contribution in [-0.4, -0.2) is 50.0 Å². The Kier molecular flexibility index (Phi) is 5.80. The molecule has 0 spiro atoms. The highest BCUT2D eigenvalue weighted by atomic mass is 32.2. The van der Waals surface area contributed by atoms with Gasteiger partial charge in [0.15, 0.2) is 5.82 Å². The average Bonchev–Trinajstić information content (AvgIpc) is 2.85. The molecule has 0 atom stereocenters. The van der Waals surface area contributed by atoms with Crippen molar-refractivity contribution in [3.05, 3.63) is 72.3 Å². The van der Waals surface area contributed by atoms with E-state index in [0.29, 0.717) is 35.7 Å². The van der Waals surface area contributed by atoms with Crippen LogP contribution in [0.5, 0.6) is 5.75 Å². The largest absolute Gasteiger partial charge is 0.508 e. The lowest BCUT2D eigenvalue weighted by Gasteiger charge is -2.28. The Labute approximate surface area is 197 Å². The van der Waals surface area contributed by atoms with Crippen LogP contribution in [0.25, 0.3) is 22.0 Å². The van der Waals surface area contributed by atoms with Gasteiger partial charge >= 0.3 is 0 Å². The van der Waals surface area contributed by atoms with Crippen molar-refractivity contribution in [1.82, 2.24) is 10.2 Å². The van der Waals surface area contributed by atoms with E-state index in [1.807, 2.05) is 30.3 Å². The van der Waals surface area contributed by atoms with E-state index in [-0.39, 0.29) is 10.6 Å². The van der Waals surface area contributed by atoms with E-state index in [9.17, 15) is 13.5 Å². The van der Waals surface area contributed by atoms with Crippen molar-refractivity contribution in [2.24, 2.45) is 0 Å². The summed E-state index contributed by atoms with van der Waals surface area (Å²) < 4.78 is 34.4. The van der Waals surface area contributed by atoms with Gasteiger partial charge < -0.3 is 14.7 Å². The summed E-state index contributed by atoms with van der Waals surface area (Å²) in [6.45, 7) is 4.53. The van der Waals surface area contributed by atoms with Crippen LogP contribution in [-0.2, 0) is 14.8 Å². The first kappa shape index (κ1) is 22.1. The minimum atomic E-state index is -3.87. The van der Waals surface area contributed by atoms with Gasteiger partial charge in [0.05, 0.1) is 18.1 Å². The Balaban J connectivity index is 1.57. The van der Waals surface area contributed by atoms with E-state index in [1.165, 1.54) is 24.3 Å². The molecule has 0 bridgehead atoms. The summed E-state index contributed by atoms with van der Waals surface area (Å²) >= 11 is 0. The van der Waals surface area contributed by atoms with E-state index < -0.39 is 10.0 Å². The van der Waals surface area contributed by atoms with Crippen LogP contribution < -0.4 is 9.62 Å². The lowest BCUT2D eigenvalue weighted by molar-refractivity contribution is 0.122. The molecule has 4 aromatic rings. The molecular formula is C25H24N4O4S. The summed E-state index contributed by atoms with van der Waals surface area (Å²) in [7, 11) is -3.87. The van der Waals surface area contributed by atoms with Gasteiger partial charge in [-0.3, -0.25) is 4.72 Å². The number of rotatable bonds is 5. The van der Waals surface area contributed by atoms with Gasteiger partial charge in [0.1, 0.15) is 11.4 Å². The number of fused-ring (bicyclic) bond motifs is 1. The van der Waals surface area contributed by atoms with E-state index in [2.05, 4.69) is 19.8 Å². The predicted molar refractivity (Wildman–Crippen MR) is 132 cm³/mol. The molecule has 1 saturated heterocycles. The zero-order chi connectivity index (χ0) is 23.7. The normalized spacial score (nSPS) is 14.3. The van der Waals surface area contributed by atoms with Crippen LogP contribution >= 0.6 is 0 Å². The highest BCUT2D eigenvalue weighted by Crippen LogP contribution is 2.33. The van der Waals surface area contributed by atoms with Gasteiger partial charge in [-0.25, -0.2) is 8.42 Å². The van der Waals surface area contributed by atoms with Crippen molar-refractivity contribution < 1.29 is 18.3 Å². The minimum absolute atomic E-state index is 0.0621. The summed E-state index contributed by atoms with van der Waals surface area (Å²) in [6.07, 6.45) is 0. The number of phenols is 1. The summed E-state index contributed by atoms with van der Waals surface area (Å²) in [5, 5.41) is 20.4. The van der Waals surface area contributed by atoms with Crippen molar-refractivity contribution >= 4 is 32.3 Å². The van der Waals surface area contributed by atoms with Crippen molar-refractivity contribution in [1.29, 1.82) is 0 Å². The quantitative estimate of drug-likeness (QED) is 0.420. The Morgan fingerprint density at radius 3 is 2.38 bits per heavy atom. The van der Waals surface area contributed by atoms with Gasteiger partial charge in [0, 0.05) is 35.1 Å². The predicted octanol–water partition coefficient (Wildman–Crippen LogP) is 3.95. The van der Waals surface area contributed by atoms with Gasteiger partial charge in [-0.15, -0.1) is 10.2 Å². The maximum Gasteiger partial charge on any atom is 0.262 e. The molecule has 0 radical (unpaired) electrons. The molecule has 0 amide bonds. The second kappa shape index (κ2) is 8.92. The highest BCUT2D eigenvalue weighted by Gasteiger charge is 2.21. The number of aromatic hydroxyl groups is 1. The first-order valence-corrected chi connectivity index (χ1v) is 12.4. The third-order valence-electron chi connectivity index (χ3n) is 5.85. The fourth-order valence-electron chi connectivity index (χ4n) is 4.09. The molecular weight excluding hydrogens is 452 g/mol. The van der Waals surface area contributed by atoms with E-state index in [0.717, 1.165) is 29.7 Å². The smallest absolute Gasteiger partial charge is 0.262 e. The van der Waals surface area contributed by atoms with Crippen LogP contribution in [0, 0.1) is 6.92 Å². The van der Waals surface area contributed by atoms with Gasteiger partial charge in [-0.1, -0.05) is 36.4 Å². The fourth-order valence-corrected chi connectivity index (χ4v) is 5.42. The molecule has 2 N–H and O–H groups in total. The number of aryl methyl sites for hydroxylation is 1. The number of phenolic OH excluding ortho intramolecular Hbond substituents is 1. The first-order valence-electron chi connectivity index (χ1n) is 10.9. The maximum absolute atomic E-state index is 13.2. The van der Waals surface area contributed by atoms with Gasteiger partial charge in [0.2, 0.25) is 0 Å². The molecule has 0 saturated carbocycles. The Morgan fingerprint density at radius 2 is 1.65 bits per heavy atom. The fraction of sp³-hybridized carbons (Fsp3) is 0.200. The third-order valence-corrected chi connectivity index (χ3v) is 7.37. The molecule has 2 heterocycles. The molecule has 8 nitrogen and oxygen atoms in total. The number of aromatic nitrogens is 2. The van der Waals surface area contributed by atoms with Crippen LogP contribution in [0.4, 0.5) is 11.5 Å². The van der Waals surface area contributed by atoms with Crippen LogP contribution in [0.2, 0.25) is 0 Å². The van der Waals surface area contributed by atoms with Crippen LogP contribution in [0.3, 0.4) is 0 Å². The molecule has 1 aromatic heterocycles. The lowest BCUT2D eigenvalue weighted by atomic mass is 10.0. The number of ether oxygens (including phenoxy) is 1. The van der Waals surface area contributed by atoms with Gasteiger partial charge in [0.25, 0.3) is 10.0 Å². The van der Waals surface area contributed by atoms with Crippen LogP contribution in [0.15, 0.2) is 71.6 Å². The third kappa shape index (κ3) is 4.27. The van der Waals surface area contributed by atoms with Gasteiger partial charge in [-0.05, 0) is 42.8 Å². The lowest BCUT2D eigenvalue weighted by Crippen LogP contribution is -2.37. The van der Waals surface area contributed by atoms with Gasteiger partial charge in [-0.2, -0.15) is 0 Å². The Bertz CT molecular complexity index is 1450. The number of hydrogen-bond donors (Lipinski definition) is 2. The van der Waals surface area contributed by atoms with E-state index in [1.54, 1.807) is 19.1 Å². The van der Waals surface area contributed by atoms with Crippen molar-refractivity contribution in [2.45, 2.75) is 11.8 Å². The first-order chi connectivity index (χ1) is 16.4. The average molecular weight is 477 g/mol.